The maximum Gasteiger partial charge on any atom is 0.323 e. The summed E-state index contributed by atoms with van der Waals surface area (Å²) in [5.74, 6) is -0.695. The third kappa shape index (κ3) is 3.99. The highest BCUT2D eigenvalue weighted by Crippen LogP contribution is 2.31. The zero-order chi connectivity index (χ0) is 15.5. The van der Waals surface area contributed by atoms with Crippen LogP contribution in [0.5, 0.6) is 0 Å². The second-order valence-electron chi connectivity index (χ2n) is 3.90. The van der Waals surface area contributed by atoms with Gasteiger partial charge in [-0.05, 0) is 26.0 Å². The number of sulfonamides is 1. The van der Waals surface area contributed by atoms with E-state index in [2.05, 4.69) is 4.72 Å². The van der Waals surface area contributed by atoms with E-state index >= 15 is 0 Å². The van der Waals surface area contributed by atoms with Crippen LogP contribution >= 0.6 is 23.2 Å². The van der Waals surface area contributed by atoms with Crippen molar-refractivity contribution in [2.24, 2.45) is 0 Å². The van der Waals surface area contributed by atoms with Crippen LogP contribution in [0.2, 0.25) is 10.0 Å². The van der Waals surface area contributed by atoms with Crippen LogP contribution in [0.25, 0.3) is 0 Å². The first kappa shape index (κ1) is 17.0. The molecular formula is C11H14Cl2N2O4S. The molecule has 0 aliphatic rings. The zero-order valence-corrected chi connectivity index (χ0v) is 13.1. The molecule has 6 nitrogen and oxygen atoms in total. The molecule has 0 bridgehead atoms. The fourth-order valence-electron chi connectivity index (χ4n) is 1.47. The monoisotopic (exact) mass is 340 g/mol. The fraction of sp³-hybridized carbons (Fsp3) is 0.364. The van der Waals surface area contributed by atoms with Crippen LogP contribution in [0.3, 0.4) is 0 Å². The lowest BCUT2D eigenvalue weighted by atomic mass is 10.3. The molecule has 1 rings (SSSR count). The third-order valence-electron chi connectivity index (χ3n) is 2.28. The lowest BCUT2D eigenvalue weighted by Gasteiger charge is -2.15. The Balaban J connectivity index is 3.10. The summed E-state index contributed by atoms with van der Waals surface area (Å²) in [6.07, 6.45) is 0. The molecule has 0 fully saturated rings. The van der Waals surface area contributed by atoms with Crippen molar-refractivity contribution >= 4 is 44.9 Å². The second kappa shape index (κ2) is 6.62. The average molecular weight is 341 g/mol. The molecule has 112 valence electrons. The third-order valence-corrected chi connectivity index (χ3v) is 4.56. The minimum Gasteiger partial charge on any atom is -0.465 e. The summed E-state index contributed by atoms with van der Waals surface area (Å²) < 4.78 is 31.2. The van der Waals surface area contributed by atoms with Crippen LogP contribution in [0.4, 0.5) is 5.69 Å². The number of hydrogen-bond acceptors (Lipinski definition) is 5. The topological polar surface area (TPSA) is 98.5 Å². The molecule has 0 saturated carbocycles. The largest absolute Gasteiger partial charge is 0.465 e. The molecule has 20 heavy (non-hydrogen) atoms. The number of nitrogens with one attached hydrogen (secondary N) is 1. The van der Waals surface area contributed by atoms with Crippen molar-refractivity contribution in [3.05, 3.63) is 22.2 Å². The number of halogens is 2. The van der Waals surface area contributed by atoms with Gasteiger partial charge in [-0.15, -0.1) is 0 Å². The van der Waals surface area contributed by atoms with Crippen molar-refractivity contribution in [2.75, 3.05) is 12.3 Å². The maximum atomic E-state index is 12.2. The Morgan fingerprint density at radius 3 is 2.55 bits per heavy atom. The lowest BCUT2D eigenvalue weighted by Crippen LogP contribution is -2.39. The van der Waals surface area contributed by atoms with Crippen LogP contribution in [-0.4, -0.2) is 27.0 Å². The van der Waals surface area contributed by atoms with Crippen molar-refractivity contribution in [1.82, 2.24) is 4.72 Å². The highest BCUT2D eigenvalue weighted by molar-refractivity contribution is 7.89. The van der Waals surface area contributed by atoms with Crippen molar-refractivity contribution in [3.63, 3.8) is 0 Å². The van der Waals surface area contributed by atoms with E-state index in [1.165, 1.54) is 19.1 Å². The van der Waals surface area contributed by atoms with Gasteiger partial charge in [-0.2, -0.15) is 4.72 Å². The van der Waals surface area contributed by atoms with Gasteiger partial charge in [0.1, 0.15) is 10.9 Å². The van der Waals surface area contributed by atoms with Crippen LogP contribution in [0, 0.1) is 0 Å². The van der Waals surface area contributed by atoms with Crippen LogP contribution in [-0.2, 0) is 19.6 Å². The van der Waals surface area contributed by atoms with Gasteiger partial charge in [0.05, 0.1) is 17.3 Å². The van der Waals surface area contributed by atoms with Gasteiger partial charge in [-0.1, -0.05) is 23.2 Å². The number of nitrogens with two attached hydrogens (primary N) is 1. The Morgan fingerprint density at radius 2 is 2.05 bits per heavy atom. The Morgan fingerprint density at radius 1 is 1.45 bits per heavy atom. The fourth-order valence-corrected chi connectivity index (χ4v) is 3.65. The van der Waals surface area contributed by atoms with Gasteiger partial charge in [-0.3, -0.25) is 4.79 Å². The first-order valence-corrected chi connectivity index (χ1v) is 7.86. The molecule has 1 aromatic carbocycles. The van der Waals surface area contributed by atoms with Crippen LogP contribution < -0.4 is 10.5 Å². The Labute approximate surface area is 127 Å². The highest BCUT2D eigenvalue weighted by Gasteiger charge is 2.27. The van der Waals surface area contributed by atoms with E-state index in [-0.39, 0.29) is 27.2 Å². The van der Waals surface area contributed by atoms with Crippen molar-refractivity contribution in [2.45, 2.75) is 24.8 Å². The SMILES string of the molecule is CCOC(=O)C(C)NS(=O)(=O)c1c(N)cc(Cl)cc1Cl. The highest BCUT2D eigenvalue weighted by atomic mass is 35.5. The molecule has 1 aromatic rings. The number of anilines is 1. The molecule has 0 aromatic heterocycles. The summed E-state index contributed by atoms with van der Waals surface area (Å²) >= 11 is 11.6. The maximum absolute atomic E-state index is 12.2. The van der Waals surface area contributed by atoms with Gasteiger partial charge in [0.25, 0.3) is 0 Å². The lowest BCUT2D eigenvalue weighted by molar-refractivity contribution is -0.144. The van der Waals surface area contributed by atoms with Crippen molar-refractivity contribution in [3.8, 4) is 0 Å². The summed E-state index contributed by atoms with van der Waals surface area (Å²) in [4.78, 5) is 11.1. The summed E-state index contributed by atoms with van der Waals surface area (Å²) in [5.41, 5.74) is 5.51. The van der Waals surface area contributed by atoms with Gasteiger partial charge in [0.15, 0.2) is 0 Å². The number of carbonyl (C=O) groups excluding carboxylic acids is 1. The molecule has 0 amide bonds. The molecular weight excluding hydrogens is 327 g/mol. The number of hydrogen-bond donors (Lipinski definition) is 2. The van der Waals surface area contributed by atoms with Crippen molar-refractivity contribution in [1.29, 1.82) is 0 Å². The van der Waals surface area contributed by atoms with Gasteiger partial charge in [-0.25, -0.2) is 8.42 Å². The molecule has 1 atom stereocenters. The van der Waals surface area contributed by atoms with E-state index in [1.807, 2.05) is 0 Å². The number of carbonyl (C=O) groups is 1. The van der Waals surface area contributed by atoms with Crippen molar-refractivity contribution < 1.29 is 17.9 Å². The molecule has 0 aliphatic carbocycles. The number of esters is 1. The van der Waals surface area contributed by atoms with E-state index in [0.717, 1.165) is 0 Å². The minimum absolute atomic E-state index is 0.106. The summed E-state index contributed by atoms with van der Waals surface area (Å²) in [6, 6.07) is 1.45. The van der Waals surface area contributed by atoms with E-state index in [0.29, 0.717) is 0 Å². The molecule has 1 unspecified atom stereocenters. The van der Waals surface area contributed by atoms with Crippen LogP contribution in [0.15, 0.2) is 17.0 Å². The van der Waals surface area contributed by atoms with Gasteiger partial charge in [0, 0.05) is 5.02 Å². The van der Waals surface area contributed by atoms with E-state index < -0.39 is 22.0 Å². The number of nitrogen functional groups attached to an aromatic ring is 1. The first-order chi connectivity index (χ1) is 9.19. The van der Waals surface area contributed by atoms with Gasteiger partial charge < -0.3 is 10.5 Å². The molecule has 0 radical (unpaired) electrons. The second-order valence-corrected chi connectivity index (χ2v) is 6.40. The minimum atomic E-state index is -4.07. The summed E-state index contributed by atoms with van der Waals surface area (Å²) in [7, 11) is -4.07. The molecule has 0 heterocycles. The molecule has 0 spiro atoms. The molecule has 0 saturated heterocycles. The van der Waals surface area contributed by atoms with Crippen LogP contribution in [0.1, 0.15) is 13.8 Å². The summed E-state index contributed by atoms with van der Waals surface area (Å²) in [6.45, 7) is 3.12. The quantitative estimate of drug-likeness (QED) is 0.629. The van der Waals surface area contributed by atoms with Gasteiger partial charge >= 0.3 is 5.97 Å². The average Bonchev–Trinajstić information content (AvgIpc) is 2.26. The van der Waals surface area contributed by atoms with E-state index in [4.69, 9.17) is 33.7 Å². The number of ether oxygens (including phenoxy) is 1. The Bertz CT molecular complexity index is 596. The van der Waals surface area contributed by atoms with E-state index in [1.54, 1.807) is 6.92 Å². The molecule has 0 aliphatic heterocycles. The van der Waals surface area contributed by atoms with E-state index in [9.17, 15) is 13.2 Å². The standard InChI is InChI=1S/C11H14Cl2N2O4S/c1-3-19-11(16)6(2)15-20(17,18)10-8(13)4-7(12)5-9(10)14/h4-6,15H,3,14H2,1-2H3. The predicted molar refractivity (Wildman–Crippen MR) is 77.3 cm³/mol. The first-order valence-electron chi connectivity index (χ1n) is 5.62. The predicted octanol–water partition coefficient (Wildman–Crippen LogP) is 1.81. The molecule has 3 N–H and O–H groups in total. The zero-order valence-electron chi connectivity index (χ0n) is 10.8. The Hall–Kier alpha value is -1.02. The summed E-state index contributed by atoms with van der Waals surface area (Å²) in [5, 5.41) is 0.0865. The molecule has 9 heteroatoms. The normalized spacial score (nSPS) is 13.0. The number of rotatable bonds is 5. The Kier molecular flexibility index (Phi) is 5.64. The smallest absolute Gasteiger partial charge is 0.323 e. The van der Waals surface area contributed by atoms with Gasteiger partial charge in [0.2, 0.25) is 10.0 Å². The number of benzene rings is 1.